The number of rotatable bonds is 5. The van der Waals surface area contributed by atoms with Gasteiger partial charge in [-0.25, -0.2) is 14.8 Å². The Balaban J connectivity index is 1.64. The molecule has 0 atom stereocenters. The van der Waals surface area contributed by atoms with Gasteiger partial charge in [-0.05, 0) is 48.9 Å². The molecule has 0 spiro atoms. The van der Waals surface area contributed by atoms with E-state index in [9.17, 15) is 14.7 Å². The van der Waals surface area contributed by atoms with Crippen LogP contribution in [0.4, 0.5) is 5.69 Å². The number of nitrogens with zero attached hydrogens (tertiary/aromatic N) is 4. The number of carboxylic acid groups (broad SMARTS) is 1. The molecule has 0 unspecified atom stereocenters. The van der Waals surface area contributed by atoms with E-state index in [4.69, 9.17) is 11.6 Å². The second-order valence-corrected chi connectivity index (χ2v) is 7.50. The minimum atomic E-state index is -1.10. The van der Waals surface area contributed by atoms with Crippen LogP contribution in [0.2, 0.25) is 5.02 Å². The zero-order chi connectivity index (χ0) is 22.1. The number of carboxylic acids is 1. The summed E-state index contributed by atoms with van der Waals surface area (Å²) in [5.74, 6) is -0.534. The van der Waals surface area contributed by atoms with Gasteiger partial charge in [-0.15, -0.1) is 0 Å². The summed E-state index contributed by atoms with van der Waals surface area (Å²) in [6.45, 7) is 2.20. The van der Waals surface area contributed by atoms with Crippen molar-refractivity contribution in [3.63, 3.8) is 0 Å². The van der Waals surface area contributed by atoms with Crippen LogP contribution < -0.4 is 4.90 Å². The summed E-state index contributed by atoms with van der Waals surface area (Å²) in [5.41, 5.74) is 3.11. The molecule has 0 aliphatic carbocycles. The molecule has 0 aliphatic rings. The zero-order valence-electron chi connectivity index (χ0n) is 16.9. The minimum Gasteiger partial charge on any atom is -0.477 e. The molecule has 4 aromatic rings. The molecule has 4 rings (SSSR count). The van der Waals surface area contributed by atoms with Crippen LogP contribution in [0, 0.1) is 6.92 Å². The number of carbonyl (C=O) groups excluding carboxylic acids is 1. The number of benzene rings is 2. The first-order chi connectivity index (χ1) is 14.8. The number of pyridine rings is 1. The van der Waals surface area contributed by atoms with Crippen molar-refractivity contribution in [1.29, 1.82) is 0 Å². The highest BCUT2D eigenvalue weighted by Crippen LogP contribution is 2.26. The van der Waals surface area contributed by atoms with Crippen molar-refractivity contribution < 1.29 is 14.7 Å². The van der Waals surface area contributed by atoms with Crippen molar-refractivity contribution in [3.05, 3.63) is 88.3 Å². The van der Waals surface area contributed by atoms with Gasteiger partial charge in [0.1, 0.15) is 11.3 Å². The molecule has 2 aromatic heterocycles. The summed E-state index contributed by atoms with van der Waals surface area (Å²) < 4.78 is 1.82. The third kappa shape index (κ3) is 4.00. The average molecular weight is 435 g/mol. The molecule has 31 heavy (non-hydrogen) atoms. The van der Waals surface area contributed by atoms with Gasteiger partial charge in [0.05, 0.1) is 6.54 Å². The number of hydrogen-bond acceptors (Lipinski definition) is 4. The Morgan fingerprint density at radius 3 is 2.48 bits per heavy atom. The molecular formula is C23H19ClN4O3. The number of amides is 1. The number of hydrogen-bond donors (Lipinski definition) is 1. The second kappa shape index (κ2) is 8.20. The Kier molecular flexibility index (Phi) is 5.44. The van der Waals surface area contributed by atoms with Crippen LogP contribution in [0.15, 0.2) is 60.7 Å². The van der Waals surface area contributed by atoms with E-state index < -0.39 is 5.97 Å². The van der Waals surface area contributed by atoms with E-state index in [0.717, 1.165) is 5.56 Å². The molecule has 0 fully saturated rings. The Hall–Kier alpha value is -3.71. The van der Waals surface area contributed by atoms with Crippen molar-refractivity contribution in [3.8, 4) is 0 Å². The maximum absolute atomic E-state index is 12.7. The molecule has 7 nitrogen and oxygen atoms in total. The summed E-state index contributed by atoms with van der Waals surface area (Å²) in [6.07, 6.45) is 0. The van der Waals surface area contributed by atoms with Crippen molar-refractivity contribution in [2.24, 2.45) is 0 Å². The first-order valence-corrected chi connectivity index (χ1v) is 9.91. The van der Waals surface area contributed by atoms with Crippen molar-refractivity contribution >= 4 is 40.3 Å². The van der Waals surface area contributed by atoms with Crippen LogP contribution in [0.1, 0.15) is 32.2 Å². The topological polar surface area (TPSA) is 88.3 Å². The van der Waals surface area contributed by atoms with Gasteiger partial charge in [0.25, 0.3) is 5.91 Å². The number of carbonyl (C=O) groups is 2. The number of halogens is 1. The lowest BCUT2D eigenvalue weighted by Crippen LogP contribution is -2.26. The summed E-state index contributed by atoms with van der Waals surface area (Å²) in [7, 11) is 1.70. The average Bonchev–Trinajstić information content (AvgIpc) is 3.08. The fraction of sp³-hybridized carbons (Fsp3) is 0.130. The number of aromatic nitrogens is 3. The Bertz CT molecular complexity index is 1300. The lowest BCUT2D eigenvalue weighted by Gasteiger charge is -2.19. The van der Waals surface area contributed by atoms with Gasteiger partial charge in [0, 0.05) is 23.3 Å². The predicted molar refractivity (Wildman–Crippen MR) is 119 cm³/mol. The third-order valence-electron chi connectivity index (χ3n) is 5.08. The highest BCUT2D eigenvalue weighted by atomic mass is 35.5. The van der Waals surface area contributed by atoms with E-state index in [1.807, 2.05) is 41.8 Å². The monoisotopic (exact) mass is 434 g/mol. The molecule has 0 bridgehead atoms. The molecule has 2 heterocycles. The van der Waals surface area contributed by atoms with E-state index in [0.29, 0.717) is 39.8 Å². The highest BCUT2D eigenvalue weighted by molar-refractivity contribution is 6.31. The second-order valence-electron chi connectivity index (χ2n) is 7.10. The zero-order valence-corrected chi connectivity index (χ0v) is 17.7. The SMILES string of the molecule is Cc1nc2ccc(C(=O)O)nc2n1Cc1ccc(N(C)C(=O)c2ccccc2)cc1Cl. The lowest BCUT2D eigenvalue weighted by atomic mass is 10.1. The van der Waals surface area contributed by atoms with Crippen molar-refractivity contribution in [1.82, 2.24) is 14.5 Å². The fourth-order valence-electron chi connectivity index (χ4n) is 3.36. The van der Waals surface area contributed by atoms with Gasteiger partial charge in [-0.2, -0.15) is 0 Å². The third-order valence-corrected chi connectivity index (χ3v) is 5.43. The van der Waals surface area contributed by atoms with E-state index in [1.54, 1.807) is 36.2 Å². The summed E-state index contributed by atoms with van der Waals surface area (Å²) >= 11 is 6.54. The first-order valence-electron chi connectivity index (χ1n) is 9.54. The minimum absolute atomic E-state index is 0.0452. The Labute approximate surface area is 183 Å². The van der Waals surface area contributed by atoms with Crippen molar-refractivity contribution in [2.45, 2.75) is 13.5 Å². The lowest BCUT2D eigenvalue weighted by molar-refractivity contribution is 0.0690. The van der Waals surface area contributed by atoms with Gasteiger partial charge in [-0.1, -0.05) is 35.9 Å². The molecule has 0 saturated carbocycles. The standard InChI is InChI=1S/C23H19ClN4O3/c1-14-25-19-10-11-20(23(30)31)26-21(19)28(14)13-16-8-9-17(12-18(16)24)27(2)22(29)15-6-4-3-5-7-15/h3-12H,13H2,1-2H3,(H,30,31). The number of imidazole rings is 1. The van der Waals surface area contributed by atoms with Crippen molar-refractivity contribution in [2.75, 3.05) is 11.9 Å². The van der Waals surface area contributed by atoms with Crippen LogP contribution in [-0.4, -0.2) is 38.6 Å². The molecular weight excluding hydrogens is 416 g/mol. The maximum atomic E-state index is 12.7. The highest BCUT2D eigenvalue weighted by Gasteiger charge is 2.17. The smallest absolute Gasteiger partial charge is 0.354 e. The molecule has 1 amide bonds. The van der Waals surface area contributed by atoms with Crippen LogP contribution in [0.3, 0.4) is 0 Å². The largest absolute Gasteiger partial charge is 0.477 e. The van der Waals surface area contributed by atoms with E-state index in [-0.39, 0.29) is 11.6 Å². The van der Waals surface area contributed by atoms with Gasteiger partial charge < -0.3 is 14.6 Å². The van der Waals surface area contributed by atoms with Crippen LogP contribution >= 0.6 is 11.6 Å². The molecule has 0 radical (unpaired) electrons. The van der Waals surface area contributed by atoms with Crippen LogP contribution in [0.25, 0.3) is 11.2 Å². The predicted octanol–water partition coefficient (Wildman–Crippen LogP) is 4.42. The van der Waals surface area contributed by atoms with E-state index in [1.165, 1.54) is 6.07 Å². The molecule has 0 aliphatic heterocycles. The molecule has 8 heteroatoms. The molecule has 0 saturated heterocycles. The van der Waals surface area contributed by atoms with Gasteiger partial charge >= 0.3 is 5.97 Å². The number of aromatic carboxylic acids is 1. The molecule has 1 N–H and O–H groups in total. The van der Waals surface area contributed by atoms with E-state index >= 15 is 0 Å². The van der Waals surface area contributed by atoms with Gasteiger partial charge in [0.2, 0.25) is 0 Å². The number of fused-ring (bicyclic) bond motifs is 1. The van der Waals surface area contributed by atoms with Crippen LogP contribution in [0.5, 0.6) is 0 Å². The number of anilines is 1. The normalized spacial score (nSPS) is 10.9. The fourth-order valence-corrected chi connectivity index (χ4v) is 3.59. The van der Waals surface area contributed by atoms with Crippen LogP contribution in [-0.2, 0) is 6.54 Å². The Morgan fingerprint density at radius 1 is 1.06 bits per heavy atom. The van der Waals surface area contributed by atoms with Gasteiger partial charge in [0.15, 0.2) is 11.3 Å². The maximum Gasteiger partial charge on any atom is 0.354 e. The molecule has 156 valence electrons. The number of aryl methyl sites for hydroxylation is 1. The molecule has 2 aromatic carbocycles. The summed E-state index contributed by atoms with van der Waals surface area (Å²) in [6, 6.07) is 17.5. The first kappa shape index (κ1) is 20.6. The summed E-state index contributed by atoms with van der Waals surface area (Å²) in [4.78, 5) is 34.2. The Morgan fingerprint density at radius 2 is 1.81 bits per heavy atom. The summed E-state index contributed by atoms with van der Waals surface area (Å²) in [5, 5.41) is 9.73. The van der Waals surface area contributed by atoms with Gasteiger partial charge in [-0.3, -0.25) is 4.79 Å². The van der Waals surface area contributed by atoms with E-state index in [2.05, 4.69) is 9.97 Å². The quantitative estimate of drug-likeness (QED) is 0.502.